The van der Waals surface area contributed by atoms with E-state index in [1.807, 2.05) is 0 Å². The first-order chi connectivity index (χ1) is 10.4. The molecule has 8 heteroatoms. The average molecular weight is 324 g/mol. The Hall–Kier alpha value is -1.54. The van der Waals surface area contributed by atoms with Crippen molar-refractivity contribution >= 4 is 15.9 Å². The van der Waals surface area contributed by atoms with Gasteiger partial charge in [-0.15, -0.1) is 0 Å². The van der Waals surface area contributed by atoms with Crippen molar-refractivity contribution in [2.75, 3.05) is 32.4 Å². The number of aromatic nitrogens is 2. The van der Waals surface area contributed by atoms with Crippen LogP contribution in [0.1, 0.15) is 29.8 Å². The van der Waals surface area contributed by atoms with Crippen LogP contribution in [0, 0.1) is 5.41 Å². The van der Waals surface area contributed by atoms with Gasteiger partial charge in [0.15, 0.2) is 0 Å². The van der Waals surface area contributed by atoms with E-state index in [0.717, 1.165) is 19.3 Å². The summed E-state index contributed by atoms with van der Waals surface area (Å²) in [7, 11) is -3.16. The Morgan fingerprint density at radius 3 is 2.68 bits per heavy atom. The Morgan fingerprint density at radius 2 is 2.05 bits per heavy atom. The topological polar surface area (TPSA) is 83.5 Å². The zero-order chi connectivity index (χ0) is 15.8. The summed E-state index contributed by atoms with van der Waals surface area (Å²) >= 11 is 0. The molecule has 2 aliphatic heterocycles. The van der Waals surface area contributed by atoms with E-state index in [4.69, 9.17) is 0 Å². The molecule has 0 saturated carbocycles. The van der Waals surface area contributed by atoms with Gasteiger partial charge in [0.1, 0.15) is 5.69 Å². The van der Waals surface area contributed by atoms with Gasteiger partial charge in [-0.3, -0.25) is 9.78 Å². The third kappa shape index (κ3) is 2.98. The number of likely N-dealkylation sites (tertiary alicyclic amines) is 1. The van der Waals surface area contributed by atoms with Crippen LogP contribution in [0.15, 0.2) is 18.6 Å². The lowest BCUT2D eigenvalue weighted by atomic mass is 9.79. The molecule has 1 spiro atoms. The molecule has 3 rings (SSSR count). The highest BCUT2D eigenvalue weighted by Gasteiger charge is 2.44. The Labute approximate surface area is 130 Å². The summed E-state index contributed by atoms with van der Waals surface area (Å²) in [6.07, 6.45) is 8.43. The predicted octanol–water partition coefficient (Wildman–Crippen LogP) is 0.364. The van der Waals surface area contributed by atoms with Crippen molar-refractivity contribution in [2.24, 2.45) is 5.41 Å². The SMILES string of the molecule is CS(=O)(=O)N1CC[C@@]2(CCCN(C(=O)c3cnccn3)C2)C1. The van der Waals surface area contributed by atoms with Gasteiger partial charge in [-0.05, 0) is 19.3 Å². The number of carbonyl (C=O) groups is 1. The van der Waals surface area contributed by atoms with Crippen LogP contribution in [0.3, 0.4) is 0 Å². The Morgan fingerprint density at radius 1 is 1.23 bits per heavy atom. The molecule has 120 valence electrons. The van der Waals surface area contributed by atoms with Crippen molar-refractivity contribution in [3.8, 4) is 0 Å². The molecule has 0 aromatic carbocycles. The molecule has 0 radical (unpaired) electrons. The van der Waals surface area contributed by atoms with Gasteiger partial charge < -0.3 is 4.90 Å². The van der Waals surface area contributed by atoms with E-state index in [2.05, 4.69) is 9.97 Å². The van der Waals surface area contributed by atoms with Crippen molar-refractivity contribution in [1.82, 2.24) is 19.2 Å². The van der Waals surface area contributed by atoms with E-state index >= 15 is 0 Å². The van der Waals surface area contributed by atoms with E-state index in [-0.39, 0.29) is 11.3 Å². The van der Waals surface area contributed by atoms with Crippen molar-refractivity contribution < 1.29 is 13.2 Å². The molecule has 0 N–H and O–H groups in total. The third-order valence-electron chi connectivity index (χ3n) is 4.60. The van der Waals surface area contributed by atoms with Crippen LogP contribution in [0.5, 0.6) is 0 Å². The van der Waals surface area contributed by atoms with Crippen LogP contribution in [0.2, 0.25) is 0 Å². The molecule has 7 nitrogen and oxygen atoms in total. The maximum Gasteiger partial charge on any atom is 0.274 e. The fourth-order valence-corrected chi connectivity index (χ4v) is 4.39. The number of hydrogen-bond donors (Lipinski definition) is 0. The summed E-state index contributed by atoms with van der Waals surface area (Å²) in [6, 6.07) is 0. The second kappa shape index (κ2) is 5.58. The standard InChI is InChI=1S/C14H20N4O3S/c1-22(20,21)18-8-4-14(11-18)3-2-7-17(10-14)13(19)12-9-15-5-6-16-12/h5-6,9H,2-4,7-8,10-11H2,1H3/t14-/m1/s1. The zero-order valence-electron chi connectivity index (χ0n) is 12.6. The van der Waals surface area contributed by atoms with Crippen molar-refractivity contribution in [1.29, 1.82) is 0 Å². The van der Waals surface area contributed by atoms with Crippen LogP contribution in [-0.2, 0) is 10.0 Å². The van der Waals surface area contributed by atoms with Crippen LogP contribution in [-0.4, -0.2) is 65.9 Å². The second-order valence-electron chi connectivity index (χ2n) is 6.27. The summed E-state index contributed by atoms with van der Waals surface area (Å²) in [5, 5.41) is 0. The number of sulfonamides is 1. The van der Waals surface area contributed by atoms with Gasteiger partial charge >= 0.3 is 0 Å². The van der Waals surface area contributed by atoms with E-state index in [1.54, 1.807) is 4.90 Å². The molecule has 1 aromatic rings. The summed E-state index contributed by atoms with van der Waals surface area (Å²) in [5.41, 5.74) is 0.233. The monoisotopic (exact) mass is 324 g/mol. The third-order valence-corrected chi connectivity index (χ3v) is 5.85. The van der Waals surface area contributed by atoms with Gasteiger partial charge in [0.05, 0.1) is 12.5 Å². The van der Waals surface area contributed by atoms with Gasteiger partial charge in [-0.1, -0.05) is 0 Å². The number of carbonyl (C=O) groups excluding carboxylic acids is 1. The van der Waals surface area contributed by atoms with Crippen LogP contribution >= 0.6 is 0 Å². The molecule has 2 fully saturated rings. The molecule has 2 aliphatic rings. The lowest BCUT2D eigenvalue weighted by molar-refractivity contribution is 0.0537. The highest BCUT2D eigenvalue weighted by Crippen LogP contribution is 2.40. The minimum absolute atomic E-state index is 0.112. The van der Waals surface area contributed by atoms with E-state index < -0.39 is 10.0 Å². The zero-order valence-corrected chi connectivity index (χ0v) is 13.4. The van der Waals surface area contributed by atoms with Gasteiger partial charge in [-0.25, -0.2) is 17.7 Å². The van der Waals surface area contributed by atoms with Gasteiger partial charge in [0, 0.05) is 44.0 Å². The lowest BCUT2D eigenvalue weighted by Crippen LogP contribution is -2.47. The number of rotatable bonds is 2. The Bertz CT molecular complexity index is 664. The van der Waals surface area contributed by atoms with E-state index in [9.17, 15) is 13.2 Å². The lowest BCUT2D eigenvalue weighted by Gasteiger charge is -2.40. The fourth-order valence-electron chi connectivity index (χ4n) is 3.46. The van der Waals surface area contributed by atoms with Gasteiger partial charge in [0.2, 0.25) is 10.0 Å². The maximum absolute atomic E-state index is 12.5. The van der Waals surface area contributed by atoms with Crippen molar-refractivity contribution in [3.63, 3.8) is 0 Å². The maximum atomic E-state index is 12.5. The smallest absolute Gasteiger partial charge is 0.274 e. The molecule has 1 atom stereocenters. The molecule has 0 bridgehead atoms. The van der Waals surface area contributed by atoms with Crippen molar-refractivity contribution in [2.45, 2.75) is 19.3 Å². The molecular formula is C14H20N4O3S. The van der Waals surface area contributed by atoms with Crippen LogP contribution in [0.4, 0.5) is 0 Å². The highest BCUT2D eigenvalue weighted by atomic mass is 32.2. The van der Waals surface area contributed by atoms with E-state index in [1.165, 1.54) is 29.2 Å². The quantitative estimate of drug-likeness (QED) is 0.784. The molecule has 0 unspecified atom stereocenters. The number of hydrogen-bond acceptors (Lipinski definition) is 5. The number of piperidine rings is 1. The minimum Gasteiger partial charge on any atom is -0.337 e. The minimum atomic E-state index is -3.16. The first-order valence-corrected chi connectivity index (χ1v) is 9.25. The summed E-state index contributed by atoms with van der Waals surface area (Å²) < 4.78 is 25.0. The van der Waals surface area contributed by atoms with Crippen LogP contribution < -0.4 is 0 Å². The first kappa shape index (κ1) is 15.4. The summed E-state index contributed by atoms with van der Waals surface area (Å²) in [6.45, 7) is 2.34. The summed E-state index contributed by atoms with van der Waals surface area (Å²) in [5.74, 6) is -0.120. The predicted molar refractivity (Wildman–Crippen MR) is 80.6 cm³/mol. The van der Waals surface area contributed by atoms with Gasteiger partial charge in [-0.2, -0.15) is 0 Å². The molecular weight excluding hydrogens is 304 g/mol. The fraction of sp³-hybridized carbons (Fsp3) is 0.643. The Balaban J connectivity index is 1.74. The molecule has 3 heterocycles. The number of amides is 1. The highest BCUT2D eigenvalue weighted by molar-refractivity contribution is 7.88. The average Bonchev–Trinajstić information content (AvgIpc) is 2.91. The molecule has 22 heavy (non-hydrogen) atoms. The summed E-state index contributed by atoms with van der Waals surface area (Å²) in [4.78, 5) is 22.3. The van der Waals surface area contributed by atoms with Crippen LogP contribution in [0.25, 0.3) is 0 Å². The molecule has 2 saturated heterocycles. The van der Waals surface area contributed by atoms with Gasteiger partial charge in [0.25, 0.3) is 5.91 Å². The molecule has 1 amide bonds. The van der Waals surface area contributed by atoms with Crippen molar-refractivity contribution in [3.05, 3.63) is 24.3 Å². The largest absolute Gasteiger partial charge is 0.337 e. The second-order valence-corrected chi connectivity index (χ2v) is 8.25. The molecule has 1 aromatic heterocycles. The molecule has 0 aliphatic carbocycles. The van der Waals surface area contributed by atoms with E-state index in [0.29, 0.717) is 31.9 Å². The Kier molecular flexibility index (Phi) is 3.90. The number of nitrogens with zero attached hydrogens (tertiary/aromatic N) is 4. The normalized spacial score (nSPS) is 26.5. The first-order valence-electron chi connectivity index (χ1n) is 7.40.